The largest absolute Gasteiger partial charge is 0.487 e. The molecule has 1 fully saturated rings. The molecule has 29 heavy (non-hydrogen) atoms. The quantitative estimate of drug-likeness (QED) is 0.580. The standard InChI is InChI=1S/C23H20N2O4/c26-18-14-25(23(27)22-13-15-5-1-2-8-19(15)28-22)12-10-21(18)29-20-9-3-7-17-16(20)6-4-11-24-17/h1-9,11,13,18,21,26H,10,12,14H2/t18-,21-/m1/s1. The number of aromatic nitrogens is 1. The normalized spacial score (nSPS) is 19.6. The highest BCUT2D eigenvalue weighted by atomic mass is 16.5. The number of pyridine rings is 1. The number of carbonyl (C=O) groups excluding carboxylic acids is 1. The van der Waals surface area contributed by atoms with Crippen molar-refractivity contribution in [1.82, 2.24) is 9.88 Å². The minimum atomic E-state index is -0.788. The van der Waals surface area contributed by atoms with Crippen LogP contribution in [0.15, 0.2) is 71.3 Å². The van der Waals surface area contributed by atoms with Crippen LogP contribution in [0.25, 0.3) is 21.9 Å². The van der Waals surface area contributed by atoms with Crippen LogP contribution in [0, 0.1) is 0 Å². The predicted molar refractivity (Wildman–Crippen MR) is 109 cm³/mol. The summed E-state index contributed by atoms with van der Waals surface area (Å²) in [6.45, 7) is 0.685. The molecular weight excluding hydrogens is 368 g/mol. The van der Waals surface area contributed by atoms with E-state index >= 15 is 0 Å². The van der Waals surface area contributed by atoms with Gasteiger partial charge in [0.1, 0.15) is 23.5 Å². The summed E-state index contributed by atoms with van der Waals surface area (Å²) in [6.07, 6.45) is 1.09. The average molecular weight is 388 g/mol. The van der Waals surface area contributed by atoms with E-state index in [-0.39, 0.29) is 24.3 Å². The van der Waals surface area contributed by atoms with Gasteiger partial charge in [0, 0.05) is 29.9 Å². The predicted octanol–water partition coefficient (Wildman–Crippen LogP) is 3.64. The second kappa shape index (κ2) is 7.22. The summed E-state index contributed by atoms with van der Waals surface area (Å²) < 4.78 is 11.8. The maximum absolute atomic E-state index is 12.8. The number of fused-ring (bicyclic) bond motifs is 2. The molecule has 1 amide bonds. The molecular formula is C23H20N2O4. The van der Waals surface area contributed by atoms with E-state index in [0.717, 1.165) is 16.3 Å². The molecule has 6 heteroatoms. The van der Waals surface area contributed by atoms with Gasteiger partial charge < -0.3 is 19.2 Å². The second-order valence-corrected chi connectivity index (χ2v) is 7.24. The van der Waals surface area contributed by atoms with Crippen molar-refractivity contribution in [3.63, 3.8) is 0 Å². The van der Waals surface area contributed by atoms with Crippen LogP contribution in [0.4, 0.5) is 0 Å². The first-order valence-electron chi connectivity index (χ1n) is 9.65. The van der Waals surface area contributed by atoms with Crippen molar-refractivity contribution >= 4 is 27.8 Å². The molecule has 0 aliphatic carbocycles. The average Bonchev–Trinajstić information content (AvgIpc) is 3.19. The number of amides is 1. The van der Waals surface area contributed by atoms with Gasteiger partial charge in [-0.1, -0.05) is 24.3 Å². The van der Waals surface area contributed by atoms with E-state index in [2.05, 4.69) is 4.98 Å². The summed E-state index contributed by atoms with van der Waals surface area (Å²) in [4.78, 5) is 18.8. The zero-order valence-electron chi connectivity index (χ0n) is 15.7. The van der Waals surface area contributed by atoms with Gasteiger partial charge in [0.2, 0.25) is 0 Å². The van der Waals surface area contributed by atoms with E-state index in [4.69, 9.17) is 9.15 Å². The van der Waals surface area contributed by atoms with E-state index in [0.29, 0.717) is 24.3 Å². The number of furan rings is 1. The number of aliphatic hydroxyl groups excluding tert-OH is 1. The van der Waals surface area contributed by atoms with E-state index in [1.165, 1.54) is 0 Å². The smallest absolute Gasteiger partial charge is 0.289 e. The van der Waals surface area contributed by atoms with Crippen molar-refractivity contribution in [3.8, 4) is 5.75 Å². The number of ether oxygens (including phenoxy) is 1. The molecule has 0 saturated carbocycles. The number of piperidine rings is 1. The van der Waals surface area contributed by atoms with Crippen molar-refractivity contribution in [3.05, 3.63) is 72.6 Å². The number of rotatable bonds is 3. The van der Waals surface area contributed by atoms with Gasteiger partial charge in [0.25, 0.3) is 5.91 Å². The monoisotopic (exact) mass is 388 g/mol. The van der Waals surface area contributed by atoms with Crippen molar-refractivity contribution < 1.29 is 19.1 Å². The number of para-hydroxylation sites is 1. The SMILES string of the molecule is O=C(c1cc2ccccc2o1)N1CC[C@@H](Oc2cccc3ncccc23)[C@H](O)C1. The third kappa shape index (κ3) is 3.32. The maximum atomic E-state index is 12.8. The number of hydrogen-bond donors (Lipinski definition) is 1. The fourth-order valence-electron chi connectivity index (χ4n) is 3.82. The van der Waals surface area contributed by atoms with Crippen molar-refractivity contribution in [2.45, 2.75) is 18.6 Å². The molecule has 6 nitrogen and oxygen atoms in total. The summed E-state index contributed by atoms with van der Waals surface area (Å²) in [7, 11) is 0. The van der Waals surface area contributed by atoms with Gasteiger partial charge in [0.05, 0.1) is 12.1 Å². The maximum Gasteiger partial charge on any atom is 0.289 e. The molecule has 2 aromatic heterocycles. The highest BCUT2D eigenvalue weighted by Gasteiger charge is 2.33. The second-order valence-electron chi connectivity index (χ2n) is 7.24. The number of carbonyl (C=O) groups is 1. The van der Waals surface area contributed by atoms with Crippen LogP contribution in [0.5, 0.6) is 5.75 Å². The Morgan fingerprint density at radius 3 is 2.90 bits per heavy atom. The van der Waals surface area contributed by atoms with E-state index in [9.17, 15) is 9.90 Å². The van der Waals surface area contributed by atoms with Crippen LogP contribution in [0.1, 0.15) is 17.0 Å². The first-order valence-corrected chi connectivity index (χ1v) is 9.65. The molecule has 0 spiro atoms. The molecule has 0 radical (unpaired) electrons. The number of benzene rings is 2. The highest BCUT2D eigenvalue weighted by molar-refractivity contribution is 5.96. The Morgan fingerprint density at radius 2 is 2.03 bits per heavy atom. The molecule has 1 aliphatic rings. The Hall–Kier alpha value is -3.38. The summed E-state index contributed by atoms with van der Waals surface area (Å²) in [6, 6.07) is 18.8. The Labute approximate surface area is 167 Å². The van der Waals surface area contributed by atoms with Gasteiger partial charge in [-0.05, 0) is 36.4 Å². The van der Waals surface area contributed by atoms with Crippen LogP contribution >= 0.6 is 0 Å². The lowest BCUT2D eigenvalue weighted by Crippen LogP contribution is -2.51. The van der Waals surface area contributed by atoms with E-state index in [1.54, 1.807) is 17.2 Å². The third-order valence-electron chi connectivity index (χ3n) is 5.33. The van der Waals surface area contributed by atoms with Gasteiger partial charge in [-0.15, -0.1) is 0 Å². The van der Waals surface area contributed by atoms with Crippen LogP contribution in [-0.2, 0) is 0 Å². The summed E-state index contributed by atoms with van der Waals surface area (Å²) in [5.41, 5.74) is 1.52. The molecule has 2 aromatic carbocycles. The molecule has 4 aromatic rings. The van der Waals surface area contributed by atoms with Crippen LogP contribution in [0.3, 0.4) is 0 Å². The lowest BCUT2D eigenvalue weighted by molar-refractivity contribution is -0.0200. The molecule has 0 unspecified atom stereocenters. The lowest BCUT2D eigenvalue weighted by Gasteiger charge is -2.35. The van der Waals surface area contributed by atoms with Crippen molar-refractivity contribution in [2.24, 2.45) is 0 Å². The topological polar surface area (TPSA) is 75.8 Å². The zero-order valence-corrected chi connectivity index (χ0v) is 15.7. The van der Waals surface area contributed by atoms with Gasteiger partial charge in [0.15, 0.2) is 5.76 Å². The Morgan fingerprint density at radius 1 is 1.14 bits per heavy atom. The van der Waals surface area contributed by atoms with Crippen LogP contribution in [0.2, 0.25) is 0 Å². The number of β-amino-alcohol motifs (C(OH)–C–C–N with tert-alkyl or cyclic N) is 1. The molecule has 146 valence electrons. The molecule has 1 aliphatic heterocycles. The fraction of sp³-hybridized carbons (Fsp3) is 0.217. The summed E-state index contributed by atoms with van der Waals surface area (Å²) >= 11 is 0. The minimum absolute atomic E-state index is 0.198. The molecule has 2 atom stereocenters. The number of hydrogen-bond acceptors (Lipinski definition) is 5. The summed E-state index contributed by atoms with van der Waals surface area (Å²) in [5, 5.41) is 12.4. The molecule has 3 heterocycles. The number of nitrogens with zero attached hydrogens (tertiary/aromatic N) is 2. The highest BCUT2D eigenvalue weighted by Crippen LogP contribution is 2.28. The van der Waals surface area contributed by atoms with Gasteiger partial charge in [-0.25, -0.2) is 0 Å². The van der Waals surface area contributed by atoms with Gasteiger partial charge in [-0.2, -0.15) is 0 Å². The van der Waals surface area contributed by atoms with Gasteiger partial charge >= 0.3 is 0 Å². The lowest BCUT2D eigenvalue weighted by atomic mass is 10.0. The first-order chi connectivity index (χ1) is 14.2. The number of aliphatic hydroxyl groups is 1. The molecule has 1 N–H and O–H groups in total. The zero-order chi connectivity index (χ0) is 19.8. The molecule has 0 bridgehead atoms. The van der Waals surface area contributed by atoms with Crippen molar-refractivity contribution in [1.29, 1.82) is 0 Å². The van der Waals surface area contributed by atoms with Crippen LogP contribution in [-0.4, -0.2) is 46.2 Å². The Kier molecular flexibility index (Phi) is 4.41. The Balaban J connectivity index is 1.30. The third-order valence-corrected chi connectivity index (χ3v) is 5.33. The first kappa shape index (κ1) is 17.7. The van der Waals surface area contributed by atoms with Crippen LogP contribution < -0.4 is 4.74 Å². The number of likely N-dealkylation sites (tertiary alicyclic amines) is 1. The van der Waals surface area contributed by atoms with E-state index < -0.39 is 6.10 Å². The van der Waals surface area contributed by atoms with Gasteiger partial charge in [-0.3, -0.25) is 9.78 Å². The van der Waals surface area contributed by atoms with E-state index in [1.807, 2.05) is 54.6 Å². The fourth-order valence-corrected chi connectivity index (χ4v) is 3.82. The molecule has 1 saturated heterocycles. The summed E-state index contributed by atoms with van der Waals surface area (Å²) in [5.74, 6) is 0.766. The van der Waals surface area contributed by atoms with Crippen molar-refractivity contribution in [2.75, 3.05) is 13.1 Å². The molecule has 5 rings (SSSR count). The Bertz CT molecular complexity index is 1150. The minimum Gasteiger partial charge on any atom is -0.487 e.